The first-order valence-corrected chi connectivity index (χ1v) is 11.5. The van der Waals surface area contributed by atoms with Crippen LogP contribution < -0.4 is 5.32 Å². The van der Waals surface area contributed by atoms with Gasteiger partial charge in [-0.3, -0.25) is 9.69 Å². The molecule has 1 saturated heterocycles. The summed E-state index contributed by atoms with van der Waals surface area (Å²) in [5.41, 5.74) is 1.43. The second-order valence-corrected chi connectivity index (χ2v) is 9.60. The van der Waals surface area contributed by atoms with Crippen molar-refractivity contribution in [3.05, 3.63) is 60.1 Å². The molecular weight excluding hydrogens is 394 g/mol. The van der Waals surface area contributed by atoms with Crippen molar-refractivity contribution in [3.63, 3.8) is 0 Å². The maximum atomic E-state index is 12.6. The van der Waals surface area contributed by atoms with Crippen LogP contribution in [0.3, 0.4) is 0 Å². The molecule has 1 aliphatic heterocycles. The van der Waals surface area contributed by atoms with Crippen molar-refractivity contribution in [2.75, 3.05) is 19.6 Å². The molecule has 1 atom stereocenters. The van der Waals surface area contributed by atoms with Crippen molar-refractivity contribution in [2.45, 2.75) is 32.4 Å². The fourth-order valence-corrected chi connectivity index (χ4v) is 5.55. The van der Waals surface area contributed by atoms with E-state index in [4.69, 9.17) is 0 Å². The molecule has 5 rings (SSSR count). The fourth-order valence-electron chi connectivity index (χ4n) is 4.59. The van der Waals surface area contributed by atoms with Gasteiger partial charge in [0.1, 0.15) is 5.01 Å². The SMILES string of the molecule is O=C(NCCn1ccnc1)C1CC12CCN(Cc1cnc(-c3ccccc3)s1)CC2. The number of carbonyl (C=O) groups is 1. The van der Waals surface area contributed by atoms with E-state index in [9.17, 15) is 4.79 Å². The molecule has 3 heterocycles. The molecule has 156 valence electrons. The van der Waals surface area contributed by atoms with Crippen LogP contribution in [0.25, 0.3) is 10.6 Å². The molecule has 1 N–H and O–H groups in total. The lowest BCUT2D eigenvalue weighted by molar-refractivity contribution is -0.123. The summed E-state index contributed by atoms with van der Waals surface area (Å²) in [5, 5.41) is 4.21. The van der Waals surface area contributed by atoms with Gasteiger partial charge < -0.3 is 9.88 Å². The predicted octanol–water partition coefficient (Wildman–Crippen LogP) is 3.43. The zero-order chi connectivity index (χ0) is 20.4. The Morgan fingerprint density at radius 2 is 2.07 bits per heavy atom. The van der Waals surface area contributed by atoms with E-state index in [1.165, 1.54) is 10.4 Å². The molecule has 1 aromatic carbocycles. The van der Waals surface area contributed by atoms with Gasteiger partial charge in [0.15, 0.2) is 0 Å². The lowest BCUT2D eigenvalue weighted by Crippen LogP contribution is -2.37. The monoisotopic (exact) mass is 421 g/mol. The average molecular weight is 422 g/mol. The number of likely N-dealkylation sites (tertiary alicyclic amines) is 1. The number of rotatable bonds is 7. The molecule has 1 saturated carbocycles. The van der Waals surface area contributed by atoms with Gasteiger partial charge in [-0.2, -0.15) is 0 Å². The van der Waals surface area contributed by atoms with Crippen LogP contribution in [0, 0.1) is 11.3 Å². The van der Waals surface area contributed by atoms with Crippen LogP contribution in [0.1, 0.15) is 24.1 Å². The molecule has 7 heteroatoms. The standard InChI is InChI=1S/C23H27N5OS/c29-21(25-9-13-28-12-8-24-17-28)20-14-23(20)6-10-27(11-7-23)16-19-15-26-22(30-19)18-4-2-1-3-5-18/h1-5,8,12,15,17,20H,6-7,9-11,13-14,16H2,(H,25,29). The molecule has 6 nitrogen and oxygen atoms in total. The first-order chi connectivity index (χ1) is 14.7. The summed E-state index contributed by atoms with van der Waals surface area (Å²) in [4.78, 5) is 25.0. The van der Waals surface area contributed by atoms with Crippen molar-refractivity contribution in [3.8, 4) is 10.6 Å². The van der Waals surface area contributed by atoms with Gasteiger partial charge >= 0.3 is 0 Å². The highest BCUT2D eigenvalue weighted by molar-refractivity contribution is 7.15. The second-order valence-electron chi connectivity index (χ2n) is 8.48. The summed E-state index contributed by atoms with van der Waals surface area (Å²) >= 11 is 1.79. The molecule has 1 aliphatic carbocycles. The molecule has 2 aliphatic rings. The highest BCUT2D eigenvalue weighted by atomic mass is 32.1. The van der Waals surface area contributed by atoms with E-state index in [0.29, 0.717) is 6.54 Å². The highest BCUT2D eigenvalue weighted by Gasteiger charge is 2.58. The number of benzene rings is 1. The van der Waals surface area contributed by atoms with E-state index >= 15 is 0 Å². The highest BCUT2D eigenvalue weighted by Crippen LogP contribution is 2.59. The maximum absolute atomic E-state index is 12.6. The number of piperidine rings is 1. The van der Waals surface area contributed by atoms with Gasteiger partial charge in [-0.15, -0.1) is 11.3 Å². The number of nitrogens with one attached hydrogen (secondary N) is 1. The van der Waals surface area contributed by atoms with Gasteiger partial charge in [0, 0.05) is 54.6 Å². The van der Waals surface area contributed by atoms with Crippen molar-refractivity contribution >= 4 is 17.2 Å². The Kier molecular flexibility index (Phi) is 5.39. The molecule has 0 bridgehead atoms. The Balaban J connectivity index is 1.08. The Hall–Kier alpha value is -2.51. The van der Waals surface area contributed by atoms with Gasteiger partial charge in [-0.05, 0) is 37.8 Å². The van der Waals surface area contributed by atoms with Crippen molar-refractivity contribution in [1.29, 1.82) is 0 Å². The van der Waals surface area contributed by atoms with E-state index in [-0.39, 0.29) is 17.2 Å². The summed E-state index contributed by atoms with van der Waals surface area (Å²) in [6.45, 7) is 4.54. The molecule has 1 amide bonds. The lowest BCUT2D eigenvalue weighted by atomic mass is 9.90. The van der Waals surface area contributed by atoms with Crippen molar-refractivity contribution in [1.82, 2.24) is 24.8 Å². The van der Waals surface area contributed by atoms with Crippen LogP contribution in [0.15, 0.2) is 55.2 Å². The minimum Gasteiger partial charge on any atom is -0.354 e. The summed E-state index contributed by atoms with van der Waals surface area (Å²) in [6.07, 6.45) is 10.8. The average Bonchev–Trinajstić information content (AvgIpc) is 3.13. The Morgan fingerprint density at radius 1 is 1.23 bits per heavy atom. The van der Waals surface area contributed by atoms with Gasteiger partial charge in [-0.25, -0.2) is 9.97 Å². The third-order valence-corrected chi connectivity index (χ3v) is 7.57. The second kappa shape index (κ2) is 8.32. The summed E-state index contributed by atoms with van der Waals surface area (Å²) < 4.78 is 1.99. The first-order valence-electron chi connectivity index (χ1n) is 10.7. The van der Waals surface area contributed by atoms with Crippen LogP contribution >= 0.6 is 11.3 Å². The van der Waals surface area contributed by atoms with E-state index in [1.54, 1.807) is 23.9 Å². The number of thiazole rings is 1. The number of hydrogen-bond donors (Lipinski definition) is 1. The molecule has 0 radical (unpaired) electrons. The van der Waals surface area contributed by atoms with Gasteiger partial charge in [0.25, 0.3) is 0 Å². The van der Waals surface area contributed by atoms with Crippen LogP contribution in [-0.2, 0) is 17.9 Å². The smallest absolute Gasteiger partial charge is 0.223 e. The fraction of sp³-hybridized carbons (Fsp3) is 0.435. The predicted molar refractivity (Wildman–Crippen MR) is 118 cm³/mol. The van der Waals surface area contributed by atoms with Crippen molar-refractivity contribution in [2.24, 2.45) is 11.3 Å². The van der Waals surface area contributed by atoms with Crippen LogP contribution in [-0.4, -0.2) is 45.0 Å². The summed E-state index contributed by atoms with van der Waals surface area (Å²) in [5.74, 6) is 0.439. The maximum Gasteiger partial charge on any atom is 0.223 e. The number of carbonyl (C=O) groups excluding carboxylic acids is 1. The Labute approximate surface area is 181 Å². The minimum atomic E-state index is 0.204. The Bertz CT molecular complexity index is 976. The molecular formula is C23H27N5OS. The summed E-state index contributed by atoms with van der Waals surface area (Å²) in [7, 11) is 0. The summed E-state index contributed by atoms with van der Waals surface area (Å²) in [6, 6.07) is 10.4. The zero-order valence-corrected chi connectivity index (χ0v) is 17.9. The minimum absolute atomic E-state index is 0.204. The lowest BCUT2D eigenvalue weighted by Gasteiger charge is -2.32. The molecule has 1 unspecified atom stereocenters. The van der Waals surface area contributed by atoms with Crippen molar-refractivity contribution < 1.29 is 4.79 Å². The number of hydrogen-bond acceptors (Lipinski definition) is 5. The van der Waals surface area contributed by atoms with E-state index < -0.39 is 0 Å². The molecule has 2 fully saturated rings. The third-order valence-electron chi connectivity index (χ3n) is 6.54. The topological polar surface area (TPSA) is 63.1 Å². The van der Waals surface area contributed by atoms with Gasteiger partial charge in [0.2, 0.25) is 5.91 Å². The van der Waals surface area contributed by atoms with E-state index in [1.807, 2.05) is 23.0 Å². The quantitative estimate of drug-likeness (QED) is 0.635. The van der Waals surface area contributed by atoms with Gasteiger partial charge in [-0.1, -0.05) is 30.3 Å². The van der Waals surface area contributed by atoms with Crippen LogP contribution in [0.5, 0.6) is 0 Å². The van der Waals surface area contributed by atoms with Crippen LogP contribution in [0.4, 0.5) is 0 Å². The Morgan fingerprint density at radius 3 is 2.83 bits per heavy atom. The molecule has 3 aromatic rings. The largest absolute Gasteiger partial charge is 0.354 e. The normalized spacial score (nSPS) is 20.3. The molecule has 2 aromatic heterocycles. The van der Waals surface area contributed by atoms with E-state index in [2.05, 4.69) is 44.5 Å². The van der Waals surface area contributed by atoms with Crippen LogP contribution in [0.2, 0.25) is 0 Å². The molecule has 30 heavy (non-hydrogen) atoms. The number of aromatic nitrogens is 3. The molecule has 1 spiro atoms. The van der Waals surface area contributed by atoms with E-state index in [0.717, 1.165) is 50.4 Å². The third kappa shape index (κ3) is 4.18. The number of nitrogens with zero attached hydrogens (tertiary/aromatic N) is 4. The number of amides is 1. The van der Waals surface area contributed by atoms with Gasteiger partial charge in [0.05, 0.1) is 6.33 Å². The first kappa shape index (κ1) is 19.5. The number of imidazole rings is 1. The zero-order valence-electron chi connectivity index (χ0n) is 17.0.